The minimum Gasteiger partial charge on any atom is -0.465 e. The summed E-state index contributed by atoms with van der Waals surface area (Å²) in [7, 11) is 0. The smallest absolute Gasteiger partial charge is 0.416 e. The molecule has 0 atom stereocenters. The molecular formula is C20H21F3N6O3. The molecule has 1 aromatic carbocycles. The SMILES string of the molecule is CC(C)(C)CN(Cc1nnc(-c2nccnc2Nc2ccc(C(F)(F)F)cc2)o1)C(=O)O. The fourth-order valence-electron chi connectivity index (χ4n) is 2.81. The minimum absolute atomic E-state index is 0.0105. The Morgan fingerprint density at radius 3 is 2.34 bits per heavy atom. The Morgan fingerprint density at radius 2 is 1.75 bits per heavy atom. The quantitative estimate of drug-likeness (QED) is 0.549. The van der Waals surface area contributed by atoms with Gasteiger partial charge in [-0.1, -0.05) is 20.8 Å². The zero-order valence-electron chi connectivity index (χ0n) is 17.5. The lowest BCUT2D eigenvalue weighted by Gasteiger charge is -2.26. The Balaban J connectivity index is 1.80. The lowest BCUT2D eigenvalue weighted by Crippen LogP contribution is -2.36. The molecule has 0 bridgehead atoms. The first-order valence-corrected chi connectivity index (χ1v) is 9.48. The van der Waals surface area contributed by atoms with E-state index in [1.807, 2.05) is 20.8 Å². The number of aromatic nitrogens is 4. The van der Waals surface area contributed by atoms with Gasteiger partial charge in [0.15, 0.2) is 11.5 Å². The van der Waals surface area contributed by atoms with E-state index in [1.165, 1.54) is 24.5 Å². The maximum Gasteiger partial charge on any atom is 0.416 e. The van der Waals surface area contributed by atoms with Gasteiger partial charge in [0.2, 0.25) is 5.89 Å². The number of rotatable bonds is 6. The van der Waals surface area contributed by atoms with Gasteiger partial charge < -0.3 is 14.8 Å². The zero-order chi connectivity index (χ0) is 23.5. The molecule has 0 radical (unpaired) electrons. The van der Waals surface area contributed by atoms with E-state index < -0.39 is 17.8 Å². The maximum absolute atomic E-state index is 12.8. The van der Waals surface area contributed by atoms with E-state index in [2.05, 4.69) is 25.5 Å². The number of nitrogens with one attached hydrogen (secondary N) is 1. The molecule has 3 rings (SSSR count). The molecule has 0 saturated carbocycles. The number of hydrogen-bond acceptors (Lipinski definition) is 7. The molecule has 9 nitrogen and oxygen atoms in total. The Kier molecular flexibility index (Phi) is 6.32. The van der Waals surface area contributed by atoms with Crippen molar-refractivity contribution in [2.45, 2.75) is 33.5 Å². The van der Waals surface area contributed by atoms with Crippen molar-refractivity contribution in [3.8, 4) is 11.6 Å². The Bertz CT molecular complexity index is 1080. The highest BCUT2D eigenvalue weighted by Crippen LogP contribution is 2.31. The third-order valence-corrected chi connectivity index (χ3v) is 4.10. The average molecular weight is 450 g/mol. The molecule has 0 unspecified atom stereocenters. The van der Waals surface area contributed by atoms with Crippen LogP contribution < -0.4 is 5.32 Å². The molecule has 0 spiro atoms. The number of benzene rings is 1. The van der Waals surface area contributed by atoms with E-state index >= 15 is 0 Å². The van der Waals surface area contributed by atoms with Crippen molar-refractivity contribution in [3.05, 3.63) is 48.1 Å². The van der Waals surface area contributed by atoms with E-state index in [0.717, 1.165) is 17.0 Å². The predicted molar refractivity (Wildman–Crippen MR) is 108 cm³/mol. The first-order chi connectivity index (χ1) is 14.9. The van der Waals surface area contributed by atoms with Gasteiger partial charge in [0.25, 0.3) is 5.89 Å². The minimum atomic E-state index is -4.44. The van der Waals surface area contributed by atoms with Crippen LogP contribution in [0.1, 0.15) is 32.2 Å². The summed E-state index contributed by atoms with van der Waals surface area (Å²) in [5, 5.41) is 20.1. The molecular weight excluding hydrogens is 429 g/mol. The van der Waals surface area contributed by atoms with Crippen molar-refractivity contribution < 1.29 is 27.5 Å². The highest BCUT2D eigenvalue weighted by Gasteiger charge is 2.30. The van der Waals surface area contributed by atoms with Gasteiger partial charge in [-0.05, 0) is 29.7 Å². The van der Waals surface area contributed by atoms with Crippen LogP contribution in [0.15, 0.2) is 41.1 Å². The van der Waals surface area contributed by atoms with E-state index in [0.29, 0.717) is 5.69 Å². The van der Waals surface area contributed by atoms with Crippen LogP contribution in [0.5, 0.6) is 0 Å². The van der Waals surface area contributed by atoms with Crippen LogP contribution in [0.4, 0.5) is 29.5 Å². The summed E-state index contributed by atoms with van der Waals surface area (Å²) in [5.41, 5.74) is -0.530. The lowest BCUT2D eigenvalue weighted by molar-refractivity contribution is -0.137. The van der Waals surface area contributed by atoms with Crippen LogP contribution in [-0.2, 0) is 12.7 Å². The number of alkyl halides is 3. The number of halogens is 3. The van der Waals surface area contributed by atoms with Crippen LogP contribution >= 0.6 is 0 Å². The predicted octanol–water partition coefficient (Wildman–Crippen LogP) is 4.82. The van der Waals surface area contributed by atoms with Crippen molar-refractivity contribution in [2.75, 3.05) is 11.9 Å². The zero-order valence-corrected chi connectivity index (χ0v) is 17.5. The number of amides is 1. The van der Waals surface area contributed by atoms with Crippen molar-refractivity contribution in [1.82, 2.24) is 25.1 Å². The molecule has 0 saturated heterocycles. The third-order valence-electron chi connectivity index (χ3n) is 4.10. The van der Waals surface area contributed by atoms with Crippen LogP contribution in [-0.4, -0.2) is 42.8 Å². The monoisotopic (exact) mass is 450 g/mol. The fraction of sp³-hybridized carbons (Fsp3) is 0.350. The Hall–Kier alpha value is -3.70. The summed E-state index contributed by atoms with van der Waals surface area (Å²) in [4.78, 5) is 21.0. The van der Waals surface area contributed by atoms with Crippen LogP contribution in [0.2, 0.25) is 0 Å². The second-order valence-electron chi connectivity index (χ2n) is 8.15. The topological polar surface area (TPSA) is 117 Å². The lowest BCUT2D eigenvalue weighted by atomic mass is 9.96. The Labute approximate surface area is 181 Å². The number of carboxylic acid groups (broad SMARTS) is 1. The van der Waals surface area contributed by atoms with Crippen molar-refractivity contribution >= 4 is 17.6 Å². The van der Waals surface area contributed by atoms with Gasteiger partial charge in [-0.2, -0.15) is 13.2 Å². The molecule has 0 aliphatic carbocycles. The second-order valence-corrected chi connectivity index (χ2v) is 8.15. The largest absolute Gasteiger partial charge is 0.465 e. The highest BCUT2D eigenvalue weighted by molar-refractivity contribution is 5.70. The molecule has 12 heteroatoms. The Morgan fingerprint density at radius 1 is 1.09 bits per heavy atom. The molecule has 2 heterocycles. The van der Waals surface area contributed by atoms with Crippen molar-refractivity contribution in [1.29, 1.82) is 0 Å². The summed E-state index contributed by atoms with van der Waals surface area (Å²) in [6.45, 7) is 5.86. The first-order valence-electron chi connectivity index (χ1n) is 9.48. The number of anilines is 2. The molecule has 170 valence electrons. The highest BCUT2D eigenvalue weighted by atomic mass is 19.4. The molecule has 1 amide bonds. The maximum atomic E-state index is 12.8. The van der Waals surface area contributed by atoms with Crippen LogP contribution in [0, 0.1) is 5.41 Å². The standard InChI is InChI=1S/C20H21F3N6O3/c1-19(2,3)11-29(18(30)31)10-14-27-28-17(32-14)15-16(25-9-8-24-15)26-13-6-4-12(5-7-13)20(21,22)23/h4-9H,10-11H2,1-3H3,(H,25,26)(H,30,31). The summed E-state index contributed by atoms with van der Waals surface area (Å²) in [5.74, 6) is 0.244. The van der Waals surface area contributed by atoms with Gasteiger partial charge >= 0.3 is 12.3 Å². The number of nitrogens with zero attached hydrogens (tertiary/aromatic N) is 5. The normalized spacial score (nSPS) is 11.9. The summed E-state index contributed by atoms with van der Waals surface area (Å²) in [6, 6.07) is 4.41. The summed E-state index contributed by atoms with van der Waals surface area (Å²) in [6.07, 6.45) is -2.78. The number of carbonyl (C=O) groups is 1. The van der Waals surface area contributed by atoms with Gasteiger partial charge in [-0.15, -0.1) is 10.2 Å². The number of hydrogen-bond donors (Lipinski definition) is 2. The van der Waals surface area contributed by atoms with Crippen molar-refractivity contribution in [2.24, 2.45) is 5.41 Å². The molecule has 2 aromatic heterocycles. The van der Waals surface area contributed by atoms with Gasteiger partial charge in [0, 0.05) is 24.6 Å². The molecule has 0 aliphatic heterocycles. The first kappa shape index (κ1) is 23.0. The van der Waals surface area contributed by atoms with Gasteiger partial charge in [0.1, 0.15) is 6.54 Å². The molecule has 0 aliphatic rings. The molecule has 3 aromatic rings. The van der Waals surface area contributed by atoms with Gasteiger partial charge in [-0.3, -0.25) is 4.90 Å². The second kappa shape index (κ2) is 8.81. The summed E-state index contributed by atoms with van der Waals surface area (Å²) < 4.78 is 43.9. The van der Waals surface area contributed by atoms with E-state index in [-0.39, 0.29) is 41.8 Å². The fourth-order valence-corrected chi connectivity index (χ4v) is 2.81. The van der Waals surface area contributed by atoms with Gasteiger partial charge in [-0.25, -0.2) is 14.8 Å². The van der Waals surface area contributed by atoms with E-state index in [4.69, 9.17) is 4.42 Å². The average Bonchev–Trinajstić information content (AvgIpc) is 3.15. The van der Waals surface area contributed by atoms with Crippen LogP contribution in [0.3, 0.4) is 0 Å². The van der Waals surface area contributed by atoms with Crippen LogP contribution in [0.25, 0.3) is 11.6 Å². The van der Waals surface area contributed by atoms with Gasteiger partial charge in [0.05, 0.1) is 5.56 Å². The van der Waals surface area contributed by atoms with E-state index in [1.54, 1.807) is 0 Å². The molecule has 0 fully saturated rings. The third kappa shape index (κ3) is 5.93. The summed E-state index contributed by atoms with van der Waals surface area (Å²) >= 11 is 0. The van der Waals surface area contributed by atoms with E-state index in [9.17, 15) is 23.1 Å². The van der Waals surface area contributed by atoms with Crippen molar-refractivity contribution in [3.63, 3.8) is 0 Å². The molecule has 2 N–H and O–H groups in total. The molecule has 32 heavy (non-hydrogen) atoms.